The van der Waals surface area contributed by atoms with Crippen LogP contribution in [0.4, 0.5) is 15.3 Å². The lowest BCUT2D eigenvalue weighted by Gasteiger charge is -2.34. The minimum atomic E-state index is -3.91. The number of fused-ring (bicyclic) bond motifs is 3. The van der Waals surface area contributed by atoms with Crippen molar-refractivity contribution < 1.29 is 41.9 Å². The van der Waals surface area contributed by atoms with Crippen molar-refractivity contribution in [2.45, 2.75) is 126 Å². The number of amides is 5. The molecule has 5 atom stereocenters. The Bertz CT molecular complexity index is 1890. The number of rotatable bonds is 6. The lowest BCUT2D eigenvalue weighted by atomic mass is 10.0. The first-order chi connectivity index (χ1) is 27.0. The van der Waals surface area contributed by atoms with E-state index < -0.39 is 80.4 Å². The molecule has 7 rings (SSSR count). The molecule has 312 valence electrons. The van der Waals surface area contributed by atoms with Crippen LogP contribution in [0.2, 0.25) is 0 Å². The molecule has 16 nitrogen and oxygen atoms in total. The summed E-state index contributed by atoms with van der Waals surface area (Å²) in [4.78, 5) is 76.8. The zero-order chi connectivity index (χ0) is 40.7. The second-order valence-electron chi connectivity index (χ2n) is 17.6. The molecule has 0 bridgehead atoms. The van der Waals surface area contributed by atoms with E-state index in [4.69, 9.17) is 9.47 Å². The van der Waals surface area contributed by atoms with Gasteiger partial charge in [-0.15, -0.1) is 0 Å². The van der Waals surface area contributed by atoms with Crippen molar-refractivity contribution >= 4 is 45.6 Å². The molecule has 0 spiro atoms. The number of nitrogens with one attached hydrogen (secondary N) is 3. The summed E-state index contributed by atoms with van der Waals surface area (Å²) in [6.45, 7) is 9.53. The molecule has 17 heteroatoms. The van der Waals surface area contributed by atoms with E-state index in [1.807, 2.05) is 18.2 Å². The average molecular weight is 812 g/mol. The van der Waals surface area contributed by atoms with Gasteiger partial charge in [0.15, 0.2) is 0 Å². The summed E-state index contributed by atoms with van der Waals surface area (Å²) >= 11 is 0. The zero-order valence-electron chi connectivity index (χ0n) is 33.5. The van der Waals surface area contributed by atoms with Crippen molar-refractivity contribution in [1.82, 2.24) is 30.1 Å². The zero-order valence-corrected chi connectivity index (χ0v) is 34.3. The van der Waals surface area contributed by atoms with Gasteiger partial charge in [0.25, 0.3) is 5.91 Å². The number of ether oxygens (including phenoxy) is 2. The number of alkyl carbamates (subject to hydrolysis) is 1. The van der Waals surface area contributed by atoms with E-state index in [1.54, 1.807) is 25.7 Å². The SMILES string of the molecule is CN1CCN(c2ccc3c(c2)CN(C(=O)O[C@@H]2C[C@H]4C(=O)N[C@]5(C(=O)NS(=O)(=O)C6CC6)C[C@H]5C=CCCCCC[C@H](NC(=O)OC(C)(C)C)C(=O)N4C2)C3)CC1. The van der Waals surface area contributed by atoms with Crippen LogP contribution in [0.15, 0.2) is 30.4 Å². The molecule has 5 amide bonds. The molecule has 1 aromatic rings. The number of nitrogens with zero attached hydrogens (tertiary/aromatic N) is 4. The van der Waals surface area contributed by atoms with Gasteiger partial charge in [0, 0.05) is 57.3 Å². The number of hydrogen-bond donors (Lipinski definition) is 3. The van der Waals surface area contributed by atoms with Gasteiger partial charge >= 0.3 is 12.2 Å². The Morgan fingerprint density at radius 3 is 2.42 bits per heavy atom. The first kappa shape index (κ1) is 40.8. The third-order valence-electron chi connectivity index (χ3n) is 11.8. The minimum Gasteiger partial charge on any atom is -0.444 e. The van der Waals surface area contributed by atoms with Crippen LogP contribution < -0.4 is 20.3 Å². The Labute approximate surface area is 335 Å². The van der Waals surface area contributed by atoms with Gasteiger partial charge in [-0.05, 0) is 89.6 Å². The third kappa shape index (κ3) is 9.51. The van der Waals surface area contributed by atoms with E-state index in [0.717, 1.165) is 55.8 Å². The molecule has 2 saturated heterocycles. The Hall–Kier alpha value is -4.38. The number of sulfonamides is 1. The van der Waals surface area contributed by atoms with Crippen LogP contribution in [0.25, 0.3) is 0 Å². The smallest absolute Gasteiger partial charge is 0.410 e. The largest absolute Gasteiger partial charge is 0.444 e. The number of benzene rings is 1. The van der Waals surface area contributed by atoms with Crippen LogP contribution in [-0.2, 0) is 47.0 Å². The molecule has 3 N–H and O–H groups in total. The van der Waals surface area contributed by atoms with Crippen molar-refractivity contribution in [3.63, 3.8) is 0 Å². The number of allylic oxidation sites excluding steroid dienone is 1. The summed E-state index contributed by atoms with van der Waals surface area (Å²) in [6.07, 6.45) is 5.70. The Morgan fingerprint density at radius 2 is 1.70 bits per heavy atom. The lowest BCUT2D eigenvalue weighted by molar-refractivity contribution is -0.141. The fourth-order valence-electron chi connectivity index (χ4n) is 8.29. The third-order valence-corrected chi connectivity index (χ3v) is 13.7. The monoisotopic (exact) mass is 811 g/mol. The van der Waals surface area contributed by atoms with Gasteiger partial charge in [0.1, 0.15) is 29.3 Å². The minimum absolute atomic E-state index is 0.0601. The second-order valence-corrected chi connectivity index (χ2v) is 19.5. The summed E-state index contributed by atoms with van der Waals surface area (Å²) in [6, 6.07) is 4.04. The van der Waals surface area contributed by atoms with Crippen LogP contribution in [0.5, 0.6) is 0 Å². The summed E-state index contributed by atoms with van der Waals surface area (Å²) in [5.74, 6) is -2.47. The molecular formula is C40H57N7O9S. The van der Waals surface area contributed by atoms with E-state index in [9.17, 15) is 32.4 Å². The molecule has 4 heterocycles. The molecule has 0 aromatic heterocycles. The van der Waals surface area contributed by atoms with E-state index >= 15 is 0 Å². The predicted molar refractivity (Wildman–Crippen MR) is 210 cm³/mol. The van der Waals surface area contributed by atoms with Crippen molar-refractivity contribution in [2.24, 2.45) is 5.92 Å². The van der Waals surface area contributed by atoms with Gasteiger partial charge in [-0.3, -0.25) is 24.0 Å². The maximum Gasteiger partial charge on any atom is 0.410 e. The lowest BCUT2D eigenvalue weighted by Crippen LogP contribution is -2.58. The van der Waals surface area contributed by atoms with Crippen LogP contribution in [-0.4, -0.2) is 127 Å². The molecule has 57 heavy (non-hydrogen) atoms. The molecule has 4 fully saturated rings. The fourth-order valence-corrected chi connectivity index (χ4v) is 9.65. The summed E-state index contributed by atoms with van der Waals surface area (Å²) in [5.41, 5.74) is 0.820. The molecule has 0 unspecified atom stereocenters. The summed E-state index contributed by atoms with van der Waals surface area (Å²) in [5, 5.41) is 4.92. The highest BCUT2D eigenvalue weighted by molar-refractivity contribution is 7.91. The Morgan fingerprint density at radius 1 is 0.965 bits per heavy atom. The van der Waals surface area contributed by atoms with E-state index in [1.165, 1.54) is 4.90 Å². The maximum atomic E-state index is 14.5. The highest BCUT2D eigenvalue weighted by atomic mass is 32.2. The van der Waals surface area contributed by atoms with Gasteiger partial charge < -0.3 is 34.8 Å². The van der Waals surface area contributed by atoms with E-state index in [2.05, 4.69) is 44.3 Å². The molecule has 2 aliphatic carbocycles. The van der Waals surface area contributed by atoms with E-state index in [0.29, 0.717) is 38.8 Å². The Kier molecular flexibility index (Phi) is 11.5. The number of likely N-dealkylation sites (N-methyl/N-ethyl adjacent to an activating group) is 1. The fraction of sp³-hybridized carbons (Fsp3) is 0.675. The van der Waals surface area contributed by atoms with Crippen LogP contribution in [0.1, 0.15) is 89.7 Å². The predicted octanol–water partition coefficient (Wildman–Crippen LogP) is 2.76. The maximum absolute atomic E-state index is 14.5. The first-order valence-electron chi connectivity index (χ1n) is 20.4. The van der Waals surface area contributed by atoms with Crippen molar-refractivity contribution in [1.29, 1.82) is 0 Å². The van der Waals surface area contributed by atoms with Crippen molar-refractivity contribution in [3.05, 3.63) is 41.5 Å². The van der Waals surface area contributed by atoms with Gasteiger partial charge in [0.2, 0.25) is 21.8 Å². The molecule has 0 radical (unpaired) electrons. The average Bonchev–Trinajstić information content (AvgIpc) is 4.03. The standard InChI is InChI=1S/C40H57N7O9S/c1-39(2,3)56-37(51)41-32-11-9-7-5-6-8-10-28-22-40(28,36(50)43-57(53,54)31-14-15-31)42-34(48)33-21-30(25-47(33)35(32)49)55-38(52)46-23-26-12-13-29(20-27(26)24-46)45-18-16-44(4)17-19-45/h8,10,12-13,20,28,30-33H,5-7,9,11,14-19,21-25H2,1-4H3,(H,41,51)(H,42,48)(H,43,50)/t28-,30-,32+,33+,40-/m1/s1. The number of piperazine rings is 1. The number of hydrogen-bond acceptors (Lipinski definition) is 11. The van der Waals surface area contributed by atoms with Crippen molar-refractivity contribution in [2.75, 3.05) is 44.7 Å². The first-order valence-corrected chi connectivity index (χ1v) is 21.9. The molecule has 1 aromatic carbocycles. The normalized spacial score (nSPS) is 28.6. The number of carbonyl (C=O) groups excluding carboxylic acids is 5. The van der Waals surface area contributed by atoms with Crippen LogP contribution in [0.3, 0.4) is 0 Å². The highest BCUT2D eigenvalue weighted by Gasteiger charge is 2.62. The molecule has 4 aliphatic heterocycles. The number of anilines is 1. The van der Waals surface area contributed by atoms with Gasteiger partial charge in [-0.2, -0.15) is 0 Å². The van der Waals surface area contributed by atoms with E-state index in [-0.39, 0.29) is 25.8 Å². The van der Waals surface area contributed by atoms with Crippen LogP contribution >= 0.6 is 0 Å². The molecular weight excluding hydrogens is 755 g/mol. The molecule has 2 saturated carbocycles. The van der Waals surface area contributed by atoms with Crippen LogP contribution in [0, 0.1) is 5.92 Å². The van der Waals surface area contributed by atoms with Gasteiger partial charge in [-0.25, -0.2) is 18.0 Å². The second kappa shape index (κ2) is 16.1. The van der Waals surface area contributed by atoms with Gasteiger partial charge in [0.05, 0.1) is 11.8 Å². The van der Waals surface area contributed by atoms with Crippen molar-refractivity contribution in [3.8, 4) is 0 Å². The number of carbonyl (C=O) groups is 5. The van der Waals surface area contributed by atoms with Gasteiger partial charge in [-0.1, -0.05) is 31.1 Å². The highest BCUT2D eigenvalue weighted by Crippen LogP contribution is 2.46. The Balaban J connectivity index is 1.10. The molecule has 6 aliphatic rings. The quantitative estimate of drug-likeness (QED) is 0.359. The summed E-state index contributed by atoms with van der Waals surface area (Å²) in [7, 11) is -1.80. The topological polar surface area (TPSA) is 187 Å². The summed E-state index contributed by atoms with van der Waals surface area (Å²) < 4.78 is 39.4.